The quantitative estimate of drug-likeness (QED) is 0.787. The highest BCUT2D eigenvalue weighted by molar-refractivity contribution is 9.10. The number of hydrogen-bond acceptors (Lipinski definition) is 2. The van der Waals surface area contributed by atoms with Crippen LogP contribution in [0.1, 0.15) is 10.4 Å². The van der Waals surface area contributed by atoms with E-state index in [1.807, 2.05) is 0 Å². The Bertz CT molecular complexity index is 363. The van der Waals surface area contributed by atoms with Crippen LogP contribution in [-0.4, -0.2) is 12.9 Å². The smallest absolute Gasteiger partial charge is 0.150 e. The van der Waals surface area contributed by atoms with E-state index >= 15 is 0 Å². The Hall–Kier alpha value is -0.800. The maximum Gasteiger partial charge on any atom is 0.150 e. The zero-order valence-electron chi connectivity index (χ0n) is 7.30. The molecule has 0 radical (unpaired) electrons. The van der Waals surface area contributed by atoms with Crippen molar-refractivity contribution in [2.45, 2.75) is 0 Å². The third-order valence-corrected chi connectivity index (χ3v) is 2.21. The lowest BCUT2D eigenvalue weighted by atomic mass is 10.2. The molecule has 2 nitrogen and oxygen atoms in total. The summed E-state index contributed by atoms with van der Waals surface area (Å²) in [5, 5.41) is 0.427. The number of hydrogen-bond donors (Lipinski definition) is 0. The van der Waals surface area contributed by atoms with Crippen molar-refractivity contribution in [2.75, 3.05) is 6.61 Å². The van der Waals surface area contributed by atoms with Gasteiger partial charge in [0.05, 0.1) is 4.47 Å². The second-order valence-corrected chi connectivity index (χ2v) is 4.00. The SMILES string of the molecule is C=C(Cl)COc1ccc(C=O)cc1Br. The topological polar surface area (TPSA) is 26.3 Å². The minimum Gasteiger partial charge on any atom is -0.487 e. The van der Waals surface area contributed by atoms with Crippen LogP contribution >= 0.6 is 27.5 Å². The van der Waals surface area contributed by atoms with Gasteiger partial charge in [0.25, 0.3) is 0 Å². The summed E-state index contributed by atoms with van der Waals surface area (Å²) in [7, 11) is 0. The first-order valence-electron chi connectivity index (χ1n) is 3.84. The molecule has 0 unspecified atom stereocenters. The van der Waals surface area contributed by atoms with Crippen molar-refractivity contribution in [3.8, 4) is 5.75 Å². The molecule has 4 heteroatoms. The Kier molecular flexibility index (Phi) is 4.17. The largest absolute Gasteiger partial charge is 0.487 e. The molecule has 0 saturated heterocycles. The molecule has 0 aliphatic carbocycles. The highest BCUT2D eigenvalue weighted by Gasteiger charge is 2.02. The van der Waals surface area contributed by atoms with E-state index < -0.39 is 0 Å². The van der Waals surface area contributed by atoms with Crippen molar-refractivity contribution < 1.29 is 9.53 Å². The zero-order chi connectivity index (χ0) is 10.6. The molecule has 1 aromatic rings. The maximum atomic E-state index is 10.4. The van der Waals surface area contributed by atoms with Gasteiger partial charge in [-0.15, -0.1) is 0 Å². The first-order valence-corrected chi connectivity index (χ1v) is 5.01. The molecular weight excluding hydrogens is 267 g/mol. The lowest BCUT2D eigenvalue weighted by Gasteiger charge is -2.06. The number of carbonyl (C=O) groups excluding carboxylic acids is 1. The van der Waals surface area contributed by atoms with Gasteiger partial charge >= 0.3 is 0 Å². The summed E-state index contributed by atoms with van der Waals surface area (Å²) in [4.78, 5) is 10.4. The zero-order valence-corrected chi connectivity index (χ0v) is 9.64. The number of carbonyl (C=O) groups is 1. The molecule has 0 heterocycles. The van der Waals surface area contributed by atoms with Crippen molar-refractivity contribution in [1.82, 2.24) is 0 Å². The minimum atomic E-state index is 0.251. The normalized spacial score (nSPS) is 9.57. The molecular formula is C10H8BrClO2. The summed E-state index contributed by atoms with van der Waals surface area (Å²) in [5.41, 5.74) is 0.592. The second-order valence-electron chi connectivity index (χ2n) is 2.61. The highest BCUT2D eigenvalue weighted by atomic mass is 79.9. The Balaban J connectivity index is 2.78. The summed E-state index contributed by atoms with van der Waals surface area (Å²) in [6.07, 6.45) is 0.773. The lowest BCUT2D eigenvalue weighted by Crippen LogP contribution is -1.97. The third-order valence-electron chi connectivity index (χ3n) is 1.48. The Labute approximate surface area is 95.6 Å². The van der Waals surface area contributed by atoms with Gasteiger partial charge < -0.3 is 4.74 Å². The highest BCUT2D eigenvalue weighted by Crippen LogP contribution is 2.25. The number of rotatable bonds is 4. The monoisotopic (exact) mass is 274 g/mol. The Morgan fingerprint density at radius 1 is 1.64 bits per heavy atom. The standard InChI is InChI=1S/C10H8BrClO2/c1-7(12)6-14-10-3-2-8(5-13)4-9(10)11/h2-5H,1,6H2. The first-order chi connectivity index (χ1) is 6.63. The van der Waals surface area contributed by atoms with Crippen LogP contribution in [0.25, 0.3) is 0 Å². The predicted octanol–water partition coefficient (Wildman–Crippen LogP) is 3.39. The summed E-state index contributed by atoms with van der Waals surface area (Å²) < 4.78 is 6.03. The fourth-order valence-corrected chi connectivity index (χ4v) is 1.43. The van der Waals surface area contributed by atoms with Gasteiger partial charge in [0.2, 0.25) is 0 Å². The van der Waals surface area contributed by atoms with Crippen molar-refractivity contribution in [2.24, 2.45) is 0 Å². The van der Waals surface area contributed by atoms with E-state index in [-0.39, 0.29) is 6.61 Å². The molecule has 0 aliphatic heterocycles. The number of halogens is 2. The van der Waals surface area contributed by atoms with Crippen LogP contribution < -0.4 is 4.74 Å². The van der Waals surface area contributed by atoms with Gasteiger partial charge in [-0.1, -0.05) is 18.2 Å². The van der Waals surface area contributed by atoms with Gasteiger partial charge in [-0.3, -0.25) is 4.79 Å². The summed E-state index contributed by atoms with van der Waals surface area (Å²) >= 11 is 8.83. The van der Waals surface area contributed by atoms with Crippen molar-refractivity contribution >= 4 is 33.8 Å². The van der Waals surface area contributed by atoms with E-state index in [9.17, 15) is 4.79 Å². The van der Waals surface area contributed by atoms with Gasteiger partial charge in [0.15, 0.2) is 0 Å². The molecule has 0 aliphatic rings. The van der Waals surface area contributed by atoms with Crippen molar-refractivity contribution in [1.29, 1.82) is 0 Å². The van der Waals surface area contributed by atoms with Gasteiger partial charge in [0.1, 0.15) is 18.6 Å². The summed E-state index contributed by atoms with van der Waals surface area (Å²) in [6.45, 7) is 3.75. The molecule has 0 atom stereocenters. The molecule has 1 rings (SSSR count). The molecule has 0 N–H and O–H groups in total. The number of benzene rings is 1. The number of aldehydes is 1. The fraction of sp³-hybridized carbons (Fsp3) is 0.100. The van der Waals surface area contributed by atoms with E-state index in [0.29, 0.717) is 16.3 Å². The van der Waals surface area contributed by atoms with Crippen molar-refractivity contribution in [3.63, 3.8) is 0 Å². The molecule has 0 amide bonds. The van der Waals surface area contributed by atoms with Crippen LogP contribution in [0.3, 0.4) is 0 Å². The van der Waals surface area contributed by atoms with Crippen molar-refractivity contribution in [3.05, 3.63) is 39.8 Å². The van der Waals surface area contributed by atoms with Gasteiger partial charge in [0, 0.05) is 10.6 Å². The van der Waals surface area contributed by atoms with Crippen LogP contribution in [0.5, 0.6) is 5.75 Å². The number of ether oxygens (including phenoxy) is 1. The second kappa shape index (κ2) is 5.17. The molecule has 0 fully saturated rings. The molecule has 0 spiro atoms. The van der Waals surface area contributed by atoms with E-state index in [1.54, 1.807) is 18.2 Å². The lowest BCUT2D eigenvalue weighted by molar-refractivity contribution is 0.112. The van der Waals surface area contributed by atoms with E-state index in [0.717, 1.165) is 10.8 Å². The average Bonchev–Trinajstić information content (AvgIpc) is 2.15. The molecule has 14 heavy (non-hydrogen) atoms. The minimum absolute atomic E-state index is 0.251. The summed E-state index contributed by atoms with van der Waals surface area (Å²) in [5.74, 6) is 0.636. The molecule has 0 aromatic heterocycles. The summed E-state index contributed by atoms with van der Waals surface area (Å²) in [6, 6.07) is 5.05. The van der Waals surface area contributed by atoms with Crippen LogP contribution in [0.4, 0.5) is 0 Å². The van der Waals surface area contributed by atoms with E-state index in [2.05, 4.69) is 22.5 Å². The average molecular weight is 276 g/mol. The Morgan fingerprint density at radius 2 is 2.36 bits per heavy atom. The maximum absolute atomic E-state index is 10.4. The molecule has 1 aromatic carbocycles. The van der Waals surface area contributed by atoms with Gasteiger partial charge in [-0.25, -0.2) is 0 Å². The van der Waals surface area contributed by atoms with Gasteiger partial charge in [-0.2, -0.15) is 0 Å². The molecule has 74 valence electrons. The predicted molar refractivity (Wildman–Crippen MR) is 60.0 cm³/mol. The molecule has 0 saturated carbocycles. The van der Waals surface area contributed by atoms with E-state index in [4.69, 9.17) is 16.3 Å². The molecule has 0 bridgehead atoms. The fourth-order valence-electron chi connectivity index (χ4n) is 0.864. The Morgan fingerprint density at radius 3 is 2.86 bits per heavy atom. The van der Waals surface area contributed by atoms with Crippen LogP contribution in [0, 0.1) is 0 Å². The van der Waals surface area contributed by atoms with Crippen LogP contribution in [0.2, 0.25) is 0 Å². The van der Waals surface area contributed by atoms with Crippen LogP contribution in [-0.2, 0) is 0 Å². The van der Waals surface area contributed by atoms with Crippen LogP contribution in [0.15, 0.2) is 34.3 Å². The third kappa shape index (κ3) is 3.16. The first kappa shape index (κ1) is 11.3. The van der Waals surface area contributed by atoms with E-state index in [1.165, 1.54) is 0 Å². The van der Waals surface area contributed by atoms with Gasteiger partial charge in [-0.05, 0) is 34.1 Å².